The number of anilines is 1. The molecule has 7 nitrogen and oxygen atoms in total. The van der Waals surface area contributed by atoms with Gasteiger partial charge in [0.1, 0.15) is 11.1 Å². The Kier molecular flexibility index (Phi) is 4.94. The van der Waals surface area contributed by atoms with Gasteiger partial charge < -0.3 is 19.2 Å². The molecule has 29 heavy (non-hydrogen) atoms. The smallest absolute Gasteiger partial charge is 0.349 e. The second-order valence-electron chi connectivity index (χ2n) is 6.08. The molecule has 0 aliphatic carbocycles. The Labute approximate surface area is 165 Å². The molecule has 0 saturated heterocycles. The van der Waals surface area contributed by atoms with E-state index in [0.717, 1.165) is 0 Å². The van der Waals surface area contributed by atoms with Gasteiger partial charge in [0.2, 0.25) is 5.88 Å². The van der Waals surface area contributed by atoms with Crippen molar-refractivity contribution in [3.05, 3.63) is 88.9 Å². The molecule has 2 aromatic heterocycles. The second-order valence-corrected chi connectivity index (χ2v) is 6.08. The fourth-order valence-electron chi connectivity index (χ4n) is 2.75. The van der Waals surface area contributed by atoms with Crippen LogP contribution in [0.3, 0.4) is 0 Å². The normalized spacial score (nSPS) is 10.5. The molecular formula is C22H16N2O5. The Hall–Kier alpha value is -4.13. The number of nitrogens with one attached hydrogen (secondary N) is 1. The minimum atomic E-state index is -0.703. The first kappa shape index (κ1) is 18.2. The molecule has 0 aliphatic rings. The number of aromatic nitrogens is 1. The number of ether oxygens (including phenoxy) is 2. The van der Waals surface area contributed by atoms with Crippen molar-refractivity contribution in [2.75, 3.05) is 12.4 Å². The molecule has 2 heterocycles. The number of rotatable bonds is 5. The number of fused-ring (bicyclic) bond motifs is 1. The zero-order valence-corrected chi connectivity index (χ0v) is 15.4. The average molecular weight is 388 g/mol. The number of nitrogens with zero attached hydrogens (tertiary/aromatic N) is 1. The number of carbonyl (C=O) groups is 1. The molecule has 0 atom stereocenters. The number of methoxy groups -OCH3 is 1. The van der Waals surface area contributed by atoms with Crippen molar-refractivity contribution in [3.8, 4) is 17.4 Å². The maximum Gasteiger partial charge on any atom is 0.349 e. The molecule has 7 heteroatoms. The summed E-state index contributed by atoms with van der Waals surface area (Å²) >= 11 is 0. The SMILES string of the molecule is COc1ccccc1Oc1ccc(NC(=O)c2cc3ccccc3oc2=O)cn1. The lowest BCUT2D eigenvalue weighted by Crippen LogP contribution is -2.20. The first-order valence-corrected chi connectivity index (χ1v) is 8.75. The van der Waals surface area contributed by atoms with Crippen LogP contribution in [0.5, 0.6) is 17.4 Å². The highest BCUT2D eigenvalue weighted by Crippen LogP contribution is 2.30. The highest BCUT2D eigenvalue weighted by Gasteiger charge is 2.14. The van der Waals surface area contributed by atoms with Gasteiger partial charge in [-0.1, -0.05) is 30.3 Å². The minimum absolute atomic E-state index is 0.0851. The zero-order chi connectivity index (χ0) is 20.2. The summed E-state index contributed by atoms with van der Waals surface area (Å²) in [5.41, 5.74) is 0.0480. The predicted molar refractivity (Wildman–Crippen MR) is 108 cm³/mol. The fourth-order valence-corrected chi connectivity index (χ4v) is 2.75. The molecule has 144 valence electrons. The van der Waals surface area contributed by atoms with E-state index in [-0.39, 0.29) is 5.56 Å². The summed E-state index contributed by atoms with van der Waals surface area (Å²) in [6, 6.07) is 18.9. The summed E-state index contributed by atoms with van der Waals surface area (Å²) in [7, 11) is 1.55. The van der Waals surface area contributed by atoms with E-state index in [9.17, 15) is 9.59 Å². The van der Waals surface area contributed by atoms with Gasteiger partial charge in [0.05, 0.1) is 19.0 Å². The maximum absolute atomic E-state index is 12.5. The Morgan fingerprint density at radius 3 is 2.52 bits per heavy atom. The van der Waals surface area contributed by atoms with Crippen molar-refractivity contribution >= 4 is 22.6 Å². The Balaban J connectivity index is 1.51. The molecule has 1 amide bonds. The topological polar surface area (TPSA) is 90.7 Å². The lowest BCUT2D eigenvalue weighted by Gasteiger charge is -2.10. The Morgan fingerprint density at radius 2 is 1.76 bits per heavy atom. The van der Waals surface area contributed by atoms with Gasteiger partial charge in [-0.25, -0.2) is 9.78 Å². The van der Waals surface area contributed by atoms with E-state index in [1.54, 1.807) is 55.6 Å². The van der Waals surface area contributed by atoms with E-state index >= 15 is 0 Å². The first-order valence-electron chi connectivity index (χ1n) is 8.75. The average Bonchev–Trinajstić information content (AvgIpc) is 2.75. The zero-order valence-electron chi connectivity index (χ0n) is 15.4. The van der Waals surface area contributed by atoms with Crippen molar-refractivity contribution in [2.24, 2.45) is 0 Å². The van der Waals surface area contributed by atoms with Gasteiger partial charge in [-0.2, -0.15) is 0 Å². The lowest BCUT2D eigenvalue weighted by atomic mass is 10.2. The largest absolute Gasteiger partial charge is 0.493 e. The van der Waals surface area contributed by atoms with E-state index in [1.165, 1.54) is 12.3 Å². The quantitative estimate of drug-likeness (QED) is 0.514. The van der Waals surface area contributed by atoms with E-state index in [1.807, 2.05) is 12.1 Å². The number of para-hydroxylation sites is 3. The molecule has 0 unspecified atom stereocenters. The van der Waals surface area contributed by atoms with Gasteiger partial charge in [-0.3, -0.25) is 4.79 Å². The van der Waals surface area contributed by atoms with Crippen molar-refractivity contribution in [3.63, 3.8) is 0 Å². The van der Waals surface area contributed by atoms with Gasteiger partial charge in [0.15, 0.2) is 11.5 Å². The highest BCUT2D eigenvalue weighted by molar-refractivity contribution is 6.05. The summed E-state index contributed by atoms with van der Waals surface area (Å²) < 4.78 is 16.1. The highest BCUT2D eigenvalue weighted by atomic mass is 16.5. The molecule has 0 aliphatic heterocycles. The number of hydrogen-bond donors (Lipinski definition) is 1. The molecule has 0 fully saturated rings. The van der Waals surface area contributed by atoms with Crippen LogP contribution < -0.4 is 20.4 Å². The monoisotopic (exact) mass is 388 g/mol. The summed E-state index contributed by atoms with van der Waals surface area (Å²) in [5, 5.41) is 3.30. The van der Waals surface area contributed by atoms with E-state index in [2.05, 4.69) is 10.3 Å². The van der Waals surface area contributed by atoms with Crippen LogP contribution in [0.15, 0.2) is 82.1 Å². The second kappa shape index (κ2) is 7.85. The first-order chi connectivity index (χ1) is 14.1. The van der Waals surface area contributed by atoms with Crippen LogP contribution >= 0.6 is 0 Å². The summed E-state index contributed by atoms with van der Waals surface area (Å²) in [4.78, 5) is 28.8. The summed E-state index contributed by atoms with van der Waals surface area (Å²) in [6.45, 7) is 0. The molecule has 4 aromatic rings. The molecule has 0 radical (unpaired) electrons. The third kappa shape index (κ3) is 3.93. The third-order valence-electron chi connectivity index (χ3n) is 4.16. The van der Waals surface area contributed by atoms with Crippen LogP contribution in [0, 0.1) is 0 Å². The van der Waals surface area contributed by atoms with Crippen LogP contribution in [0.4, 0.5) is 5.69 Å². The van der Waals surface area contributed by atoms with Crippen molar-refractivity contribution in [2.45, 2.75) is 0 Å². The summed E-state index contributed by atoms with van der Waals surface area (Å²) in [5.74, 6) is 0.852. The Morgan fingerprint density at radius 1 is 1.00 bits per heavy atom. The molecule has 0 bridgehead atoms. The van der Waals surface area contributed by atoms with Gasteiger partial charge in [0, 0.05) is 11.5 Å². The molecule has 1 N–H and O–H groups in total. The van der Waals surface area contributed by atoms with Gasteiger partial charge >= 0.3 is 5.63 Å². The van der Waals surface area contributed by atoms with Crippen molar-refractivity contribution in [1.29, 1.82) is 0 Å². The standard InChI is InChI=1S/C22H16N2O5/c1-27-18-8-4-5-9-19(18)28-20-11-10-15(13-23-20)24-21(25)16-12-14-6-2-3-7-17(14)29-22(16)26/h2-13H,1H3,(H,24,25). The van der Waals surface area contributed by atoms with E-state index < -0.39 is 11.5 Å². The lowest BCUT2D eigenvalue weighted by molar-refractivity contribution is 0.102. The van der Waals surface area contributed by atoms with E-state index in [4.69, 9.17) is 13.9 Å². The minimum Gasteiger partial charge on any atom is -0.493 e. The Bertz CT molecular complexity index is 1230. The van der Waals surface area contributed by atoms with Gasteiger partial charge in [-0.15, -0.1) is 0 Å². The molecule has 0 saturated carbocycles. The predicted octanol–water partition coefficient (Wildman–Crippen LogP) is 4.24. The van der Waals surface area contributed by atoms with Crippen LogP contribution in [0.1, 0.15) is 10.4 Å². The number of pyridine rings is 1. The van der Waals surface area contributed by atoms with Gasteiger partial charge in [-0.05, 0) is 30.3 Å². The molecule has 4 rings (SSSR count). The maximum atomic E-state index is 12.5. The molecule has 0 spiro atoms. The molecular weight excluding hydrogens is 372 g/mol. The van der Waals surface area contributed by atoms with Crippen LogP contribution in [0.2, 0.25) is 0 Å². The van der Waals surface area contributed by atoms with Gasteiger partial charge in [0.25, 0.3) is 5.91 Å². The number of benzene rings is 2. The van der Waals surface area contributed by atoms with E-state index in [0.29, 0.717) is 34.0 Å². The van der Waals surface area contributed by atoms with Crippen molar-refractivity contribution in [1.82, 2.24) is 4.98 Å². The number of hydrogen-bond acceptors (Lipinski definition) is 6. The third-order valence-corrected chi connectivity index (χ3v) is 4.16. The molecule has 2 aromatic carbocycles. The fraction of sp³-hybridized carbons (Fsp3) is 0.0455. The number of amides is 1. The van der Waals surface area contributed by atoms with Crippen LogP contribution in [0.25, 0.3) is 11.0 Å². The van der Waals surface area contributed by atoms with Crippen molar-refractivity contribution < 1.29 is 18.7 Å². The van der Waals surface area contributed by atoms with Crippen LogP contribution in [-0.4, -0.2) is 18.0 Å². The van der Waals surface area contributed by atoms with Crippen LogP contribution in [-0.2, 0) is 0 Å². The number of carbonyl (C=O) groups excluding carboxylic acids is 1. The summed E-state index contributed by atoms with van der Waals surface area (Å²) in [6.07, 6.45) is 1.44.